The fourth-order valence-electron chi connectivity index (χ4n) is 2.01. The van der Waals surface area contributed by atoms with Crippen LogP contribution in [0.5, 0.6) is 0 Å². The minimum atomic E-state index is 0.0307. The lowest BCUT2D eigenvalue weighted by atomic mass is 10.1. The van der Waals surface area contributed by atoms with E-state index in [1.807, 2.05) is 54.3 Å². The molecular formula is C16H14BrClINO. The van der Waals surface area contributed by atoms with Gasteiger partial charge in [0.1, 0.15) is 0 Å². The van der Waals surface area contributed by atoms with Gasteiger partial charge in [0.25, 0.3) is 5.91 Å². The Morgan fingerprint density at radius 3 is 2.71 bits per heavy atom. The molecule has 0 spiro atoms. The first-order valence-corrected chi connectivity index (χ1v) is 8.75. The minimum Gasteiger partial charge on any atom is -0.335 e. The number of nitrogens with zero attached hydrogens (tertiary/aromatic N) is 1. The third-order valence-electron chi connectivity index (χ3n) is 3.09. The molecule has 2 rings (SSSR count). The molecule has 1 amide bonds. The lowest BCUT2D eigenvalue weighted by molar-refractivity contribution is 0.0751. The van der Waals surface area contributed by atoms with E-state index in [-0.39, 0.29) is 5.91 Å². The molecule has 110 valence electrons. The van der Waals surface area contributed by atoms with Crippen LogP contribution in [0.25, 0.3) is 0 Å². The van der Waals surface area contributed by atoms with Gasteiger partial charge in [-0.25, -0.2) is 0 Å². The van der Waals surface area contributed by atoms with Gasteiger partial charge in [-0.1, -0.05) is 39.7 Å². The lowest BCUT2D eigenvalue weighted by Gasteiger charge is -2.22. The zero-order valence-electron chi connectivity index (χ0n) is 11.4. The second kappa shape index (κ2) is 7.61. The highest BCUT2D eigenvalue weighted by atomic mass is 127. The first-order chi connectivity index (χ1) is 10.0. The standard InChI is InChI=1S/C16H14BrClINO/c1-2-20(10-11-4-3-5-13(18)8-11)16(21)14-9-12(17)6-7-15(14)19/h3-9H,2,10H2,1H3. The van der Waals surface area contributed by atoms with Gasteiger partial charge in [-0.3, -0.25) is 4.79 Å². The zero-order valence-corrected chi connectivity index (χ0v) is 15.9. The Balaban J connectivity index is 2.24. The highest BCUT2D eigenvalue weighted by Gasteiger charge is 2.17. The van der Waals surface area contributed by atoms with Gasteiger partial charge in [0.15, 0.2) is 0 Å². The fraction of sp³-hybridized carbons (Fsp3) is 0.188. The quantitative estimate of drug-likeness (QED) is 0.541. The number of hydrogen-bond acceptors (Lipinski definition) is 1. The van der Waals surface area contributed by atoms with Crippen molar-refractivity contribution in [1.29, 1.82) is 0 Å². The van der Waals surface area contributed by atoms with E-state index in [0.29, 0.717) is 23.7 Å². The van der Waals surface area contributed by atoms with Crippen molar-refractivity contribution in [2.45, 2.75) is 13.5 Å². The molecule has 5 heteroatoms. The molecule has 0 aliphatic rings. The molecule has 0 radical (unpaired) electrons. The van der Waals surface area contributed by atoms with Crippen LogP contribution in [0.3, 0.4) is 0 Å². The number of amides is 1. The molecule has 2 nitrogen and oxygen atoms in total. The summed E-state index contributed by atoms with van der Waals surface area (Å²) in [5.41, 5.74) is 1.75. The van der Waals surface area contributed by atoms with Crippen LogP contribution in [0.15, 0.2) is 46.9 Å². The molecule has 2 aromatic carbocycles. The first kappa shape index (κ1) is 16.8. The smallest absolute Gasteiger partial charge is 0.255 e. The zero-order chi connectivity index (χ0) is 15.4. The van der Waals surface area contributed by atoms with E-state index < -0.39 is 0 Å². The Kier molecular flexibility index (Phi) is 6.08. The summed E-state index contributed by atoms with van der Waals surface area (Å²) in [7, 11) is 0. The third-order valence-corrected chi connectivity index (χ3v) is 4.76. The van der Waals surface area contributed by atoms with E-state index in [9.17, 15) is 4.79 Å². The van der Waals surface area contributed by atoms with Crippen LogP contribution in [0, 0.1) is 3.57 Å². The Morgan fingerprint density at radius 2 is 2.05 bits per heavy atom. The van der Waals surface area contributed by atoms with E-state index in [4.69, 9.17) is 11.6 Å². The van der Waals surface area contributed by atoms with Crippen molar-refractivity contribution in [2.75, 3.05) is 6.54 Å². The minimum absolute atomic E-state index is 0.0307. The molecule has 0 aliphatic carbocycles. The van der Waals surface area contributed by atoms with Gasteiger partial charge in [-0.2, -0.15) is 0 Å². The van der Waals surface area contributed by atoms with E-state index in [1.54, 1.807) is 0 Å². The van der Waals surface area contributed by atoms with Gasteiger partial charge in [0, 0.05) is 26.2 Å². The summed E-state index contributed by atoms with van der Waals surface area (Å²) in [5.74, 6) is 0.0307. The van der Waals surface area contributed by atoms with Crippen LogP contribution in [0.1, 0.15) is 22.8 Å². The molecule has 0 atom stereocenters. The number of rotatable bonds is 4. The summed E-state index contributed by atoms with van der Waals surface area (Å²) >= 11 is 11.6. The summed E-state index contributed by atoms with van der Waals surface area (Å²) in [6, 6.07) is 13.3. The van der Waals surface area contributed by atoms with E-state index in [2.05, 4.69) is 38.5 Å². The molecule has 0 unspecified atom stereocenters. The molecule has 0 aromatic heterocycles. The molecule has 0 bridgehead atoms. The first-order valence-electron chi connectivity index (χ1n) is 6.50. The normalized spacial score (nSPS) is 10.5. The van der Waals surface area contributed by atoms with Gasteiger partial charge in [0.05, 0.1) is 5.56 Å². The predicted molar refractivity (Wildman–Crippen MR) is 98.7 cm³/mol. The topological polar surface area (TPSA) is 20.3 Å². The second-order valence-electron chi connectivity index (χ2n) is 4.57. The number of halogens is 3. The van der Waals surface area contributed by atoms with Crippen LogP contribution in [-0.4, -0.2) is 17.4 Å². The van der Waals surface area contributed by atoms with Gasteiger partial charge < -0.3 is 4.90 Å². The third kappa shape index (κ3) is 4.44. The van der Waals surface area contributed by atoms with Crippen molar-refractivity contribution in [1.82, 2.24) is 4.90 Å². The molecule has 0 saturated heterocycles. The molecule has 0 saturated carbocycles. The number of hydrogen-bond donors (Lipinski definition) is 0. The van der Waals surface area contributed by atoms with Gasteiger partial charge in [-0.05, 0) is 65.4 Å². The molecule has 0 heterocycles. The van der Waals surface area contributed by atoms with Crippen LogP contribution in [-0.2, 0) is 6.54 Å². The molecule has 2 aromatic rings. The van der Waals surface area contributed by atoms with Crippen molar-refractivity contribution >= 4 is 56.0 Å². The lowest BCUT2D eigenvalue weighted by Crippen LogP contribution is -2.30. The van der Waals surface area contributed by atoms with Crippen LogP contribution in [0.2, 0.25) is 5.02 Å². The number of carbonyl (C=O) groups is 1. The SMILES string of the molecule is CCN(Cc1cccc(Cl)c1)C(=O)c1cc(Br)ccc1I. The van der Waals surface area contributed by atoms with Crippen molar-refractivity contribution in [2.24, 2.45) is 0 Å². The number of benzene rings is 2. The van der Waals surface area contributed by atoms with Crippen LogP contribution < -0.4 is 0 Å². The molecule has 0 N–H and O–H groups in total. The Hall–Kier alpha value is -0.590. The monoisotopic (exact) mass is 477 g/mol. The molecule has 0 aliphatic heterocycles. The van der Waals surface area contributed by atoms with Crippen molar-refractivity contribution < 1.29 is 4.79 Å². The summed E-state index contributed by atoms with van der Waals surface area (Å²) in [6.45, 7) is 3.18. The summed E-state index contributed by atoms with van der Waals surface area (Å²) < 4.78 is 1.86. The van der Waals surface area contributed by atoms with E-state index >= 15 is 0 Å². The van der Waals surface area contributed by atoms with Gasteiger partial charge >= 0.3 is 0 Å². The number of carbonyl (C=O) groups excluding carboxylic acids is 1. The maximum Gasteiger partial charge on any atom is 0.255 e. The Labute approximate surface area is 151 Å². The highest BCUT2D eigenvalue weighted by Crippen LogP contribution is 2.21. The highest BCUT2D eigenvalue weighted by molar-refractivity contribution is 14.1. The summed E-state index contributed by atoms with van der Waals surface area (Å²) in [6.07, 6.45) is 0. The van der Waals surface area contributed by atoms with Crippen molar-refractivity contribution in [3.05, 3.63) is 66.7 Å². The van der Waals surface area contributed by atoms with Crippen molar-refractivity contribution in [3.8, 4) is 0 Å². The molecule has 0 fully saturated rings. The molecule has 21 heavy (non-hydrogen) atoms. The average molecular weight is 479 g/mol. The van der Waals surface area contributed by atoms with Crippen molar-refractivity contribution in [3.63, 3.8) is 0 Å². The largest absolute Gasteiger partial charge is 0.335 e. The Bertz CT molecular complexity index is 662. The molecular weight excluding hydrogens is 464 g/mol. The predicted octanol–water partition coefficient (Wildman–Crippen LogP) is 5.37. The fourth-order valence-corrected chi connectivity index (χ4v) is 3.15. The Morgan fingerprint density at radius 1 is 1.29 bits per heavy atom. The average Bonchev–Trinajstić information content (AvgIpc) is 2.46. The van der Waals surface area contributed by atoms with E-state index in [1.165, 1.54) is 0 Å². The van der Waals surface area contributed by atoms with Gasteiger partial charge in [-0.15, -0.1) is 0 Å². The maximum absolute atomic E-state index is 12.7. The second-order valence-corrected chi connectivity index (χ2v) is 7.09. The summed E-state index contributed by atoms with van der Waals surface area (Å²) in [4.78, 5) is 14.5. The van der Waals surface area contributed by atoms with E-state index in [0.717, 1.165) is 13.6 Å². The van der Waals surface area contributed by atoms with Crippen LogP contribution >= 0.6 is 50.1 Å². The van der Waals surface area contributed by atoms with Crippen LogP contribution in [0.4, 0.5) is 0 Å². The van der Waals surface area contributed by atoms with Gasteiger partial charge in [0.2, 0.25) is 0 Å². The summed E-state index contributed by atoms with van der Waals surface area (Å²) in [5, 5.41) is 0.688. The maximum atomic E-state index is 12.7.